The Labute approximate surface area is 212 Å². The number of pyridine rings is 2. The van der Waals surface area contributed by atoms with Crippen LogP contribution in [0.2, 0.25) is 0 Å². The molecule has 0 saturated carbocycles. The summed E-state index contributed by atoms with van der Waals surface area (Å²) in [6.07, 6.45) is 7.98. The molecule has 0 spiro atoms. The van der Waals surface area contributed by atoms with E-state index in [9.17, 15) is 9.90 Å². The minimum atomic E-state index is -0.994. The molecule has 0 aliphatic carbocycles. The summed E-state index contributed by atoms with van der Waals surface area (Å²) >= 11 is 0. The van der Waals surface area contributed by atoms with E-state index in [-0.39, 0.29) is 12.5 Å². The first-order valence-corrected chi connectivity index (χ1v) is 12.9. The van der Waals surface area contributed by atoms with Crippen molar-refractivity contribution in [1.29, 1.82) is 0 Å². The minimum Gasteiger partial charge on any atom is -0.492 e. The number of likely N-dealkylation sites (tertiary alicyclic amines) is 1. The number of anilines is 1. The van der Waals surface area contributed by atoms with Gasteiger partial charge in [-0.15, -0.1) is 0 Å². The third-order valence-corrected chi connectivity index (χ3v) is 7.25. The van der Waals surface area contributed by atoms with Crippen molar-refractivity contribution in [2.45, 2.75) is 31.3 Å². The van der Waals surface area contributed by atoms with Crippen LogP contribution in [0, 0.1) is 0 Å². The van der Waals surface area contributed by atoms with Gasteiger partial charge < -0.3 is 19.6 Å². The van der Waals surface area contributed by atoms with Crippen LogP contribution >= 0.6 is 0 Å². The number of hydrogen-bond acceptors (Lipinski definition) is 7. The maximum absolute atomic E-state index is 13.1. The van der Waals surface area contributed by atoms with Gasteiger partial charge in [0, 0.05) is 44.6 Å². The Morgan fingerprint density at radius 3 is 2.67 bits per heavy atom. The van der Waals surface area contributed by atoms with Gasteiger partial charge in [-0.25, -0.2) is 0 Å². The van der Waals surface area contributed by atoms with Crippen LogP contribution in [0.15, 0.2) is 54.9 Å². The van der Waals surface area contributed by atoms with Crippen molar-refractivity contribution in [2.24, 2.45) is 0 Å². The zero-order valence-electron chi connectivity index (χ0n) is 21.0. The van der Waals surface area contributed by atoms with Crippen molar-refractivity contribution >= 4 is 22.6 Å². The lowest BCUT2D eigenvalue weighted by atomic mass is 10.0. The smallest absolute Gasteiger partial charge is 0.253 e. The Morgan fingerprint density at radius 2 is 1.86 bits per heavy atom. The molecule has 190 valence electrons. The van der Waals surface area contributed by atoms with E-state index >= 15 is 0 Å². The van der Waals surface area contributed by atoms with Crippen molar-refractivity contribution in [3.05, 3.63) is 60.4 Å². The molecule has 5 rings (SSSR count). The zero-order chi connectivity index (χ0) is 25.0. The summed E-state index contributed by atoms with van der Waals surface area (Å²) in [6, 6.07) is 13.0. The Hall–Kier alpha value is -3.23. The molecule has 1 N–H and O–H groups in total. The minimum absolute atomic E-state index is 0.113. The van der Waals surface area contributed by atoms with Gasteiger partial charge in [0.2, 0.25) is 0 Å². The molecule has 8 heteroatoms. The number of rotatable bonds is 8. The maximum atomic E-state index is 13.1. The van der Waals surface area contributed by atoms with Crippen LogP contribution in [0.1, 0.15) is 36.0 Å². The molecule has 3 aromatic rings. The fourth-order valence-corrected chi connectivity index (χ4v) is 5.31. The van der Waals surface area contributed by atoms with Crippen LogP contribution in [0.4, 0.5) is 5.69 Å². The van der Waals surface area contributed by atoms with Gasteiger partial charge in [-0.3, -0.25) is 19.7 Å². The number of ether oxygens (including phenoxy) is 1. The quantitative estimate of drug-likeness (QED) is 0.520. The number of benzene rings is 1. The highest BCUT2D eigenvalue weighted by Crippen LogP contribution is 2.31. The monoisotopic (exact) mass is 489 g/mol. The van der Waals surface area contributed by atoms with Gasteiger partial charge in [0.25, 0.3) is 5.91 Å². The summed E-state index contributed by atoms with van der Waals surface area (Å²) in [4.78, 5) is 28.1. The molecule has 1 amide bonds. The average Bonchev–Trinajstić information content (AvgIpc) is 3.30. The van der Waals surface area contributed by atoms with E-state index in [0.717, 1.165) is 42.1 Å². The molecule has 4 heterocycles. The van der Waals surface area contributed by atoms with E-state index < -0.39 is 5.60 Å². The largest absolute Gasteiger partial charge is 0.492 e. The molecule has 36 heavy (non-hydrogen) atoms. The van der Waals surface area contributed by atoms with E-state index in [4.69, 9.17) is 4.74 Å². The number of amides is 1. The summed E-state index contributed by atoms with van der Waals surface area (Å²) < 4.78 is 5.89. The summed E-state index contributed by atoms with van der Waals surface area (Å²) in [5.74, 6) is 0.659. The second-order valence-electron chi connectivity index (χ2n) is 10.0. The standard InChI is InChI=1S/C28H35N5O3/c1-31(27(34)22-7-9-23(10-8-22)36-19-18-32-15-3-2-4-16-32)20-28(35)12-17-33(21-28)25-11-14-29-24-6-5-13-30-26(24)25/h5-11,13-14,35H,2-4,12,15-21H2,1H3. The number of aromatic nitrogens is 2. The fourth-order valence-electron chi connectivity index (χ4n) is 5.31. The number of likely N-dealkylation sites (N-methyl/N-ethyl adjacent to an activating group) is 1. The fraction of sp³-hybridized carbons (Fsp3) is 0.464. The lowest BCUT2D eigenvalue weighted by Crippen LogP contribution is -2.45. The summed E-state index contributed by atoms with van der Waals surface area (Å²) in [7, 11) is 1.75. The molecule has 2 aliphatic rings. The van der Waals surface area contributed by atoms with Gasteiger partial charge in [0.1, 0.15) is 23.5 Å². The van der Waals surface area contributed by atoms with Crippen LogP contribution in [0.25, 0.3) is 11.0 Å². The van der Waals surface area contributed by atoms with E-state index in [1.807, 2.05) is 30.3 Å². The number of carbonyl (C=O) groups is 1. The molecule has 0 radical (unpaired) electrons. The topological polar surface area (TPSA) is 82.0 Å². The molecule has 2 saturated heterocycles. The molecule has 0 bridgehead atoms. The molecule has 1 atom stereocenters. The number of aliphatic hydroxyl groups is 1. The van der Waals surface area contributed by atoms with Crippen LogP contribution in [-0.4, -0.2) is 89.3 Å². The number of fused-ring (bicyclic) bond motifs is 1. The zero-order valence-corrected chi connectivity index (χ0v) is 21.0. The number of piperidine rings is 1. The third kappa shape index (κ3) is 5.60. The highest BCUT2D eigenvalue weighted by molar-refractivity contribution is 5.94. The summed E-state index contributed by atoms with van der Waals surface area (Å²) in [5, 5.41) is 11.3. The van der Waals surface area contributed by atoms with E-state index in [2.05, 4.69) is 19.8 Å². The van der Waals surface area contributed by atoms with Gasteiger partial charge in [0.15, 0.2) is 0 Å². The Kier molecular flexibility index (Phi) is 7.34. The lowest BCUT2D eigenvalue weighted by molar-refractivity contribution is 0.0264. The molecule has 2 fully saturated rings. The molecule has 8 nitrogen and oxygen atoms in total. The second-order valence-corrected chi connectivity index (χ2v) is 10.0. The summed E-state index contributed by atoms with van der Waals surface area (Å²) in [5.41, 5.74) is 2.21. The summed E-state index contributed by atoms with van der Waals surface area (Å²) in [6.45, 7) is 5.28. The van der Waals surface area contributed by atoms with Crippen LogP contribution < -0.4 is 9.64 Å². The highest BCUT2D eigenvalue weighted by Gasteiger charge is 2.38. The van der Waals surface area contributed by atoms with Crippen LogP contribution in [0.3, 0.4) is 0 Å². The Morgan fingerprint density at radius 1 is 1.06 bits per heavy atom. The first-order chi connectivity index (χ1) is 17.5. The van der Waals surface area contributed by atoms with Gasteiger partial charge >= 0.3 is 0 Å². The van der Waals surface area contributed by atoms with Crippen LogP contribution in [-0.2, 0) is 0 Å². The van der Waals surface area contributed by atoms with Gasteiger partial charge in [-0.05, 0) is 74.8 Å². The van der Waals surface area contributed by atoms with Crippen molar-refractivity contribution in [3.8, 4) is 5.75 Å². The maximum Gasteiger partial charge on any atom is 0.253 e. The van der Waals surface area contributed by atoms with E-state index in [1.165, 1.54) is 19.3 Å². The Bertz CT molecular complexity index is 1180. The van der Waals surface area contributed by atoms with E-state index in [1.54, 1.807) is 36.5 Å². The second kappa shape index (κ2) is 10.8. The SMILES string of the molecule is CN(CC1(O)CCN(c2ccnc3cccnc23)C1)C(=O)c1ccc(OCCN2CCCCC2)cc1. The van der Waals surface area contributed by atoms with Crippen molar-refractivity contribution in [2.75, 3.05) is 57.8 Å². The van der Waals surface area contributed by atoms with Gasteiger partial charge in [-0.1, -0.05) is 6.42 Å². The molecule has 1 unspecified atom stereocenters. The van der Waals surface area contributed by atoms with Crippen LogP contribution in [0.5, 0.6) is 5.75 Å². The molecule has 2 aliphatic heterocycles. The third-order valence-electron chi connectivity index (χ3n) is 7.25. The Balaban J connectivity index is 1.15. The predicted molar refractivity (Wildman–Crippen MR) is 141 cm³/mol. The number of hydrogen-bond donors (Lipinski definition) is 1. The first kappa shape index (κ1) is 24.5. The number of nitrogens with zero attached hydrogens (tertiary/aromatic N) is 5. The average molecular weight is 490 g/mol. The van der Waals surface area contributed by atoms with Crippen molar-refractivity contribution < 1.29 is 14.6 Å². The number of carbonyl (C=O) groups excluding carboxylic acids is 1. The molecular formula is C28H35N5O3. The molecular weight excluding hydrogens is 454 g/mol. The van der Waals surface area contributed by atoms with Gasteiger partial charge in [0.05, 0.1) is 17.7 Å². The van der Waals surface area contributed by atoms with E-state index in [0.29, 0.717) is 31.7 Å². The molecule has 1 aromatic carbocycles. The number of β-amino-alcohol motifs (C(OH)–C–C–N with tert-alkyl or cyclic N) is 1. The first-order valence-electron chi connectivity index (χ1n) is 12.9. The predicted octanol–water partition coefficient (Wildman–Crippen LogP) is 3.21. The lowest BCUT2D eigenvalue weighted by Gasteiger charge is -2.29. The molecule has 2 aromatic heterocycles. The van der Waals surface area contributed by atoms with Crippen molar-refractivity contribution in [1.82, 2.24) is 19.8 Å². The normalized spacial score (nSPS) is 20.6. The van der Waals surface area contributed by atoms with Gasteiger partial charge in [-0.2, -0.15) is 0 Å². The van der Waals surface area contributed by atoms with Crippen molar-refractivity contribution in [3.63, 3.8) is 0 Å². The highest BCUT2D eigenvalue weighted by atomic mass is 16.5.